The lowest BCUT2D eigenvalue weighted by Crippen LogP contribution is -2.44. The number of halogens is 2. The quantitative estimate of drug-likeness (QED) is 0.289. The van der Waals surface area contributed by atoms with Crippen molar-refractivity contribution >= 4 is 52.2 Å². The molecule has 1 saturated heterocycles. The van der Waals surface area contributed by atoms with Crippen LogP contribution in [0.15, 0.2) is 85.1 Å². The van der Waals surface area contributed by atoms with E-state index >= 15 is 0 Å². The minimum absolute atomic E-state index is 0.213. The zero-order valence-electron chi connectivity index (χ0n) is 21.3. The van der Waals surface area contributed by atoms with E-state index in [0.717, 1.165) is 37.3 Å². The fourth-order valence-electron chi connectivity index (χ4n) is 4.40. The van der Waals surface area contributed by atoms with E-state index in [1.165, 1.54) is 18.0 Å². The molecule has 198 valence electrons. The third-order valence-electron chi connectivity index (χ3n) is 6.64. The molecule has 1 fully saturated rings. The molecule has 2 amide bonds. The molecule has 1 aliphatic rings. The van der Waals surface area contributed by atoms with Crippen LogP contribution in [0.2, 0.25) is 10.0 Å². The van der Waals surface area contributed by atoms with E-state index in [1.807, 2.05) is 12.1 Å². The van der Waals surface area contributed by atoms with Gasteiger partial charge in [-0.2, -0.15) is 0 Å². The summed E-state index contributed by atoms with van der Waals surface area (Å²) in [4.78, 5) is 34.9. The molecule has 0 bridgehead atoms. The largest absolute Gasteiger partial charge is 0.369 e. The smallest absolute Gasteiger partial charge is 0.258 e. The topological polar surface area (TPSA) is 77.6 Å². The number of benzene rings is 3. The number of aromatic nitrogens is 1. The second-order valence-electron chi connectivity index (χ2n) is 9.38. The van der Waals surface area contributed by atoms with E-state index in [9.17, 15) is 9.59 Å². The Morgan fingerprint density at radius 2 is 1.51 bits per heavy atom. The summed E-state index contributed by atoms with van der Waals surface area (Å²) in [6.07, 6.45) is 1.43. The summed E-state index contributed by atoms with van der Waals surface area (Å²) >= 11 is 12.0. The number of nitrogens with one attached hydrogen (secondary N) is 2. The first-order chi connectivity index (χ1) is 18.9. The Morgan fingerprint density at radius 3 is 2.23 bits per heavy atom. The van der Waals surface area contributed by atoms with Crippen LogP contribution in [-0.4, -0.2) is 54.9 Å². The van der Waals surface area contributed by atoms with Crippen molar-refractivity contribution in [3.63, 3.8) is 0 Å². The average molecular weight is 560 g/mol. The van der Waals surface area contributed by atoms with Crippen molar-refractivity contribution in [2.45, 2.75) is 0 Å². The molecule has 5 rings (SSSR count). The van der Waals surface area contributed by atoms with E-state index in [-0.39, 0.29) is 11.5 Å². The number of carbonyl (C=O) groups is 2. The highest BCUT2D eigenvalue weighted by Gasteiger charge is 2.17. The van der Waals surface area contributed by atoms with Crippen LogP contribution in [-0.2, 0) is 0 Å². The van der Waals surface area contributed by atoms with Crippen LogP contribution in [0.3, 0.4) is 0 Å². The van der Waals surface area contributed by atoms with Crippen LogP contribution >= 0.6 is 23.2 Å². The maximum Gasteiger partial charge on any atom is 0.258 e. The van der Waals surface area contributed by atoms with Gasteiger partial charge in [-0.3, -0.25) is 9.59 Å². The molecule has 39 heavy (non-hydrogen) atoms. The lowest BCUT2D eigenvalue weighted by atomic mass is 10.0. The van der Waals surface area contributed by atoms with Gasteiger partial charge in [0.05, 0.1) is 16.3 Å². The van der Waals surface area contributed by atoms with Crippen LogP contribution in [0, 0.1) is 0 Å². The number of nitrogens with zero attached hydrogens (tertiary/aromatic N) is 3. The molecule has 0 spiro atoms. The maximum absolute atomic E-state index is 13.1. The van der Waals surface area contributed by atoms with Gasteiger partial charge in [-0.1, -0.05) is 47.5 Å². The Balaban J connectivity index is 1.30. The zero-order valence-corrected chi connectivity index (χ0v) is 22.8. The summed E-state index contributed by atoms with van der Waals surface area (Å²) in [6.45, 7) is 4.09. The number of anilines is 3. The van der Waals surface area contributed by atoms with Crippen molar-refractivity contribution in [3.8, 4) is 11.1 Å². The molecule has 2 heterocycles. The van der Waals surface area contributed by atoms with E-state index < -0.39 is 5.91 Å². The third kappa shape index (κ3) is 6.57. The highest BCUT2D eigenvalue weighted by atomic mass is 35.5. The fourth-order valence-corrected chi connectivity index (χ4v) is 4.69. The van der Waals surface area contributed by atoms with E-state index in [4.69, 9.17) is 23.2 Å². The van der Waals surface area contributed by atoms with Gasteiger partial charge in [0.15, 0.2) is 0 Å². The Bertz CT molecular complexity index is 1480. The van der Waals surface area contributed by atoms with E-state index in [2.05, 4.69) is 56.7 Å². The Hall–Kier alpha value is -3.91. The van der Waals surface area contributed by atoms with Gasteiger partial charge in [-0.15, -0.1) is 0 Å². The summed E-state index contributed by atoms with van der Waals surface area (Å²) in [5.41, 5.74) is 4.32. The van der Waals surface area contributed by atoms with Gasteiger partial charge in [0.2, 0.25) is 0 Å². The first kappa shape index (κ1) is 26.7. The number of carbonyl (C=O) groups excluding carboxylic acids is 2. The van der Waals surface area contributed by atoms with Gasteiger partial charge in [0.25, 0.3) is 11.8 Å². The van der Waals surface area contributed by atoms with Gasteiger partial charge in [0.1, 0.15) is 5.82 Å². The van der Waals surface area contributed by atoms with Gasteiger partial charge in [-0.25, -0.2) is 4.98 Å². The lowest BCUT2D eigenvalue weighted by molar-refractivity contribution is 0.102. The second-order valence-corrected chi connectivity index (χ2v) is 10.3. The minimum atomic E-state index is -0.460. The molecule has 0 saturated carbocycles. The van der Waals surface area contributed by atoms with Crippen molar-refractivity contribution < 1.29 is 9.59 Å². The lowest BCUT2D eigenvalue weighted by Gasteiger charge is -2.34. The molecule has 4 aromatic rings. The fraction of sp³-hybridized carbons (Fsp3) is 0.167. The molecule has 3 aromatic carbocycles. The van der Waals surface area contributed by atoms with E-state index in [0.29, 0.717) is 27.1 Å². The van der Waals surface area contributed by atoms with Crippen molar-refractivity contribution in [1.29, 1.82) is 0 Å². The standard InChI is InChI=1S/C30H27Cl2N5O2/c1-36-13-15-37(16-14-36)25-4-2-3-22(17-25)20-5-7-21(8-6-20)29(38)34-27-11-9-23(31)18-26(27)30(39)35-28-12-10-24(32)19-33-28/h2-12,17-19H,13-16H2,1H3,(H,34,38)(H,33,35,39). The second kappa shape index (κ2) is 11.9. The number of piperazine rings is 1. The van der Waals surface area contributed by atoms with Crippen LogP contribution < -0.4 is 15.5 Å². The zero-order chi connectivity index (χ0) is 27.4. The summed E-state index contributed by atoms with van der Waals surface area (Å²) < 4.78 is 0. The monoisotopic (exact) mass is 559 g/mol. The Labute approximate surface area is 237 Å². The molecule has 2 N–H and O–H groups in total. The SMILES string of the molecule is CN1CCN(c2cccc(-c3ccc(C(=O)Nc4ccc(Cl)cc4C(=O)Nc4ccc(Cl)cn4)cc3)c2)CC1. The normalized spacial score (nSPS) is 13.7. The number of hydrogen-bond acceptors (Lipinski definition) is 5. The summed E-state index contributed by atoms with van der Waals surface area (Å²) in [7, 11) is 2.15. The average Bonchev–Trinajstić information content (AvgIpc) is 2.95. The van der Waals surface area contributed by atoms with E-state index in [1.54, 1.807) is 36.4 Å². The highest BCUT2D eigenvalue weighted by molar-refractivity contribution is 6.31. The van der Waals surface area contributed by atoms with Crippen LogP contribution in [0.4, 0.5) is 17.2 Å². The van der Waals surface area contributed by atoms with Crippen molar-refractivity contribution in [2.24, 2.45) is 0 Å². The predicted molar refractivity (Wildman–Crippen MR) is 158 cm³/mol. The van der Waals surface area contributed by atoms with Gasteiger partial charge in [-0.05, 0) is 72.8 Å². The Kier molecular flexibility index (Phi) is 8.12. The predicted octanol–water partition coefficient (Wildman–Crippen LogP) is 6.31. The van der Waals surface area contributed by atoms with Crippen molar-refractivity contribution in [3.05, 3.63) is 106 Å². The van der Waals surface area contributed by atoms with Crippen LogP contribution in [0.1, 0.15) is 20.7 Å². The first-order valence-corrected chi connectivity index (χ1v) is 13.3. The number of amides is 2. The number of pyridine rings is 1. The Morgan fingerprint density at radius 1 is 0.769 bits per heavy atom. The molecule has 1 aromatic heterocycles. The van der Waals surface area contributed by atoms with Crippen molar-refractivity contribution in [2.75, 3.05) is 48.8 Å². The molecule has 0 unspecified atom stereocenters. The number of likely N-dealkylation sites (N-methyl/N-ethyl adjacent to an activating group) is 1. The molecule has 9 heteroatoms. The molecule has 7 nitrogen and oxygen atoms in total. The van der Waals surface area contributed by atoms with Gasteiger partial charge >= 0.3 is 0 Å². The molecule has 0 radical (unpaired) electrons. The summed E-state index contributed by atoms with van der Waals surface area (Å²) in [5, 5.41) is 6.35. The highest BCUT2D eigenvalue weighted by Crippen LogP contribution is 2.27. The summed E-state index contributed by atoms with van der Waals surface area (Å²) in [5.74, 6) is -0.471. The molecule has 0 atom stereocenters. The summed E-state index contributed by atoms with van der Waals surface area (Å²) in [6, 6.07) is 23.8. The van der Waals surface area contributed by atoms with Crippen LogP contribution in [0.25, 0.3) is 11.1 Å². The third-order valence-corrected chi connectivity index (χ3v) is 7.10. The molecule has 1 aliphatic heterocycles. The van der Waals surface area contributed by atoms with Gasteiger partial charge in [0, 0.05) is 48.6 Å². The number of hydrogen-bond donors (Lipinski definition) is 2. The van der Waals surface area contributed by atoms with Crippen molar-refractivity contribution in [1.82, 2.24) is 9.88 Å². The maximum atomic E-state index is 13.1. The molecular formula is C30H27Cl2N5O2. The van der Waals surface area contributed by atoms with Gasteiger partial charge < -0.3 is 20.4 Å². The first-order valence-electron chi connectivity index (χ1n) is 12.5. The molecule has 0 aliphatic carbocycles. The molecular weight excluding hydrogens is 533 g/mol. The minimum Gasteiger partial charge on any atom is -0.369 e. The number of rotatable bonds is 6. The van der Waals surface area contributed by atoms with Crippen LogP contribution in [0.5, 0.6) is 0 Å².